The maximum Gasteiger partial charge on any atom is 0.246 e. The Balaban J connectivity index is 1.68. The fourth-order valence-corrected chi connectivity index (χ4v) is 3.38. The highest BCUT2D eigenvalue weighted by Crippen LogP contribution is 2.41. The van der Waals surface area contributed by atoms with Gasteiger partial charge in [0.2, 0.25) is 5.91 Å². The molecule has 1 aliphatic carbocycles. The van der Waals surface area contributed by atoms with E-state index in [1.807, 2.05) is 0 Å². The molecule has 1 unspecified atom stereocenters. The van der Waals surface area contributed by atoms with Crippen LogP contribution >= 0.6 is 11.3 Å². The monoisotopic (exact) mass is 265 g/mol. The van der Waals surface area contributed by atoms with Gasteiger partial charge in [-0.05, 0) is 38.6 Å². The van der Waals surface area contributed by atoms with Crippen LogP contribution in [0.5, 0.6) is 0 Å². The van der Waals surface area contributed by atoms with Crippen molar-refractivity contribution in [1.29, 1.82) is 0 Å². The van der Waals surface area contributed by atoms with E-state index in [2.05, 4.69) is 27.9 Å². The predicted octanol–water partition coefficient (Wildman–Crippen LogP) is 2.49. The minimum Gasteiger partial charge on any atom is -0.303 e. The van der Waals surface area contributed by atoms with Crippen LogP contribution in [0, 0.1) is 0 Å². The summed E-state index contributed by atoms with van der Waals surface area (Å²) >= 11 is 1.54. The smallest absolute Gasteiger partial charge is 0.246 e. The molecule has 4 nitrogen and oxygen atoms in total. The summed E-state index contributed by atoms with van der Waals surface area (Å²) in [5.74, 6) is 0.732. The fraction of sp³-hybridized carbons (Fsp3) is 0.692. The Bertz CT molecular complexity index is 447. The van der Waals surface area contributed by atoms with Crippen LogP contribution in [-0.2, 0) is 4.79 Å². The lowest BCUT2D eigenvalue weighted by Crippen LogP contribution is -2.50. The molecule has 1 saturated heterocycles. The van der Waals surface area contributed by atoms with Crippen molar-refractivity contribution < 1.29 is 4.79 Å². The maximum atomic E-state index is 12.4. The van der Waals surface area contributed by atoms with Gasteiger partial charge in [-0.3, -0.25) is 4.79 Å². The van der Waals surface area contributed by atoms with Crippen molar-refractivity contribution >= 4 is 22.4 Å². The molecule has 1 aromatic rings. The van der Waals surface area contributed by atoms with Gasteiger partial charge in [0, 0.05) is 11.3 Å². The highest BCUT2D eigenvalue weighted by atomic mass is 32.1. The summed E-state index contributed by atoms with van der Waals surface area (Å²) in [6.45, 7) is 3.00. The lowest BCUT2D eigenvalue weighted by atomic mass is 9.93. The largest absolute Gasteiger partial charge is 0.303 e. The second kappa shape index (κ2) is 4.63. The minimum absolute atomic E-state index is 0.0826. The molecule has 2 fully saturated rings. The van der Waals surface area contributed by atoms with E-state index in [1.165, 1.54) is 12.8 Å². The van der Waals surface area contributed by atoms with Crippen LogP contribution in [-0.4, -0.2) is 23.0 Å². The van der Waals surface area contributed by atoms with Gasteiger partial charge < -0.3 is 10.6 Å². The number of hydrogen-bond acceptors (Lipinski definition) is 4. The Labute approximate surface area is 111 Å². The molecule has 1 atom stereocenters. The van der Waals surface area contributed by atoms with Crippen molar-refractivity contribution in [2.75, 3.05) is 11.9 Å². The van der Waals surface area contributed by atoms with Gasteiger partial charge in [-0.25, -0.2) is 4.98 Å². The van der Waals surface area contributed by atoms with Gasteiger partial charge in [0.25, 0.3) is 0 Å². The lowest BCUT2D eigenvalue weighted by Gasteiger charge is -2.25. The molecule has 18 heavy (non-hydrogen) atoms. The number of carbonyl (C=O) groups excluding carboxylic acids is 1. The first-order valence-electron chi connectivity index (χ1n) is 6.75. The number of hydrogen-bond donors (Lipinski definition) is 2. The highest BCUT2D eigenvalue weighted by Gasteiger charge is 2.39. The molecule has 1 aliphatic heterocycles. The number of thiazole rings is 1. The Morgan fingerprint density at radius 3 is 3.11 bits per heavy atom. The second-order valence-electron chi connectivity index (χ2n) is 5.27. The minimum atomic E-state index is -0.370. The van der Waals surface area contributed by atoms with Gasteiger partial charge in [0.15, 0.2) is 5.13 Å². The van der Waals surface area contributed by atoms with Crippen LogP contribution in [0.25, 0.3) is 0 Å². The zero-order chi connectivity index (χ0) is 12.6. The third-order valence-corrected chi connectivity index (χ3v) is 4.80. The topological polar surface area (TPSA) is 54.0 Å². The summed E-state index contributed by atoms with van der Waals surface area (Å²) in [4.78, 5) is 16.9. The van der Waals surface area contributed by atoms with E-state index in [4.69, 9.17) is 0 Å². The van der Waals surface area contributed by atoms with Crippen LogP contribution in [0.2, 0.25) is 0 Å². The summed E-state index contributed by atoms with van der Waals surface area (Å²) in [6, 6.07) is 0. The van der Waals surface area contributed by atoms with Crippen molar-refractivity contribution in [3.8, 4) is 0 Å². The maximum absolute atomic E-state index is 12.4. The molecule has 0 aromatic carbocycles. The number of rotatable bonds is 4. The summed E-state index contributed by atoms with van der Waals surface area (Å²) < 4.78 is 0. The molecular weight excluding hydrogens is 246 g/mol. The van der Waals surface area contributed by atoms with Crippen LogP contribution in [0.3, 0.4) is 0 Å². The molecule has 2 aliphatic rings. The second-order valence-corrected chi connectivity index (χ2v) is 6.13. The van der Waals surface area contributed by atoms with Crippen molar-refractivity contribution in [3.05, 3.63) is 11.1 Å². The fourth-order valence-electron chi connectivity index (χ4n) is 2.59. The van der Waals surface area contributed by atoms with Crippen molar-refractivity contribution in [2.45, 2.75) is 50.5 Å². The first kappa shape index (κ1) is 12.1. The van der Waals surface area contributed by atoms with Crippen LogP contribution in [0.1, 0.15) is 50.6 Å². The summed E-state index contributed by atoms with van der Waals surface area (Å²) in [5.41, 5.74) is 0.783. The summed E-state index contributed by atoms with van der Waals surface area (Å²) in [7, 11) is 0. The summed E-state index contributed by atoms with van der Waals surface area (Å²) in [5, 5.41) is 9.16. The number of nitrogens with zero attached hydrogens (tertiary/aromatic N) is 1. The van der Waals surface area contributed by atoms with E-state index in [9.17, 15) is 4.79 Å². The van der Waals surface area contributed by atoms with E-state index in [1.54, 1.807) is 11.3 Å². The van der Waals surface area contributed by atoms with Gasteiger partial charge in [-0.15, -0.1) is 11.3 Å². The van der Waals surface area contributed by atoms with Gasteiger partial charge in [0.05, 0.1) is 11.2 Å². The number of amides is 1. The Morgan fingerprint density at radius 1 is 1.67 bits per heavy atom. The Morgan fingerprint density at radius 2 is 2.50 bits per heavy atom. The van der Waals surface area contributed by atoms with E-state index < -0.39 is 0 Å². The molecule has 2 N–H and O–H groups in total. The van der Waals surface area contributed by atoms with Crippen LogP contribution in [0.15, 0.2) is 5.38 Å². The number of nitrogens with one attached hydrogen (secondary N) is 2. The van der Waals surface area contributed by atoms with E-state index in [0.717, 1.165) is 36.6 Å². The first-order valence-corrected chi connectivity index (χ1v) is 7.63. The molecular formula is C13H19N3OS. The van der Waals surface area contributed by atoms with Crippen molar-refractivity contribution in [2.24, 2.45) is 0 Å². The van der Waals surface area contributed by atoms with Crippen LogP contribution in [0.4, 0.5) is 5.13 Å². The van der Waals surface area contributed by atoms with Crippen molar-refractivity contribution in [3.63, 3.8) is 0 Å². The molecule has 0 spiro atoms. The SMILES string of the molecule is CCC1(C(=O)Nc2nc(C3CC3)cs2)CCCN1. The molecule has 1 amide bonds. The quantitative estimate of drug-likeness (QED) is 0.879. The normalized spacial score (nSPS) is 27.4. The molecule has 3 rings (SSSR count). The molecule has 5 heteroatoms. The average Bonchev–Trinajstić information content (AvgIpc) is 2.93. The van der Waals surface area contributed by atoms with Crippen LogP contribution < -0.4 is 10.6 Å². The average molecular weight is 265 g/mol. The third kappa shape index (κ3) is 2.17. The highest BCUT2D eigenvalue weighted by molar-refractivity contribution is 7.14. The zero-order valence-electron chi connectivity index (χ0n) is 10.7. The van der Waals surface area contributed by atoms with Crippen molar-refractivity contribution in [1.82, 2.24) is 10.3 Å². The van der Waals surface area contributed by atoms with Gasteiger partial charge in [0.1, 0.15) is 0 Å². The predicted molar refractivity (Wildman–Crippen MR) is 73.0 cm³/mol. The Kier molecular flexibility index (Phi) is 3.11. The van der Waals surface area contributed by atoms with E-state index in [-0.39, 0.29) is 11.4 Å². The van der Waals surface area contributed by atoms with E-state index in [0.29, 0.717) is 5.92 Å². The first-order chi connectivity index (χ1) is 8.73. The molecule has 0 bridgehead atoms. The number of carbonyl (C=O) groups is 1. The van der Waals surface area contributed by atoms with Gasteiger partial charge in [-0.2, -0.15) is 0 Å². The molecule has 2 heterocycles. The Hall–Kier alpha value is -0.940. The molecule has 0 radical (unpaired) electrons. The van der Waals surface area contributed by atoms with E-state index >= 15 is 0 Å². The number of anilines is 1. The standard InChI is InChI=1S/C13H19N3OS/c1-2-13(6-3-7-14-13)11(17)16-12-15-10(8-18-12)9-4-5-9/h8-9,14H,2-7H2,1H3,(H,15,16,17). The zero-order valence-corrected chi connectivity index (χ0v) is 11.5. The molecule has 1 aromatic heterocycles. The summed E-state index contributed by atoms with van der Waals surface area (Å²) in [6.07, 6.45) is 5.33. The lowest BCUT2D eigenvalue weighted by molar-refractivity contribution is -0.122. The number of aromatic nitrogens is 1. The van der Waals surface area contributed by atoms with Gasteiger partial charge in [-0.1, -0.05) is 6.92 Å². The molecule has 98 valence electrons. The van der Waals surface area contributed by atoms with Gasteiger partial charge >= 0.3 is 0 Å². The molecule has 1 saturated carbocycles. The third-order valence-electron chi connectivity index (χ3n) is 4.02.